The van der Waals surface area contributed by atoms with Gasteiger partial charge in [-0.2, -0.15) is 0 Å². The van der Waals surface area contributed by atoms with Gasteiger partial charge in [0.05, 0.1) is 12.1 Å². The molecule has 2 unspecified atom stereocenters. The van der Waals surface area contributed by atoms with Crippen molar-refractivity contribution >= 4 is 5.91 Å². The lowest BCUT2D eigenvalue weighted by Gasteiger charge is -2.17. The van der Waals surface area contributed by atoms with Crippen LogP contribution in [0.4, 0.5) is 4.39 Å². The third-order valence-corrected chi connectivity index (χ3v) is 3.81. The van der Waals surface area contributed by atoms with Gasteiger partial charge in [-0.25, -0.2) is 4.39 Å². The SMILES string of the molecule is CC1CN(C(=O)c2ccc(F)cc2C#CCN)CC1C. The highest BCUT2D eigenvalue weighted by Gasteiger charge is 2.30. The Morgan fingerprint density at radius 2 is 2.05 bits per heavy atom. The zero-order chi connectivity index (χ0) is 14.7. The first-order valence-electron chi connectivity index (χ1n) is 6.80. The van der Waals surface area contributed by atoms with Crippen LogP contribution in [0.25, 0.3) is 0 Å². The highest BCUT2D eigenvalue weighted by atomic mass is 19.1. The highest BCUT2D eigenvalue weighted by molar-refractivity contribution is 5.97. The Morgan fingerprint density at radius 3 is 2.65 bits per heavy atom. The summed E-state index contributed by atoms with van der Waals surface area (Å²) in [6, 6.07) is 4.09. The minimum absolute atomic E-state index is 0.0810. The molecular weight excluding hydrogens is 255 g/mol. The van der Waals surface area contributed by atoms with Crippen molar-refractivity contribution in [3.8, 4) is 11.8 Å². The summed E-state index contributed by atoms with van der Waals surface area (Å²) in [4.78, 5) is 14.4. The van der Waals surface area contributed by atoms with Crippen LogP contribution >= 0.6 is 0 Å². The first kappa shape index (κ1) is 14.5. The van der Waals surface area contributed by atoms with Crippen LogP contribution in [0.1, 0.15) is 29.8 Å². The Morgan fingerprint density at radius 1 is 1.40 bits per heavy atom. The molecule has 2 atom stereocenters. The lowest BCUT2D eigenvalue weighted by atomic mass is 10.0. The predicted octanol–water partition coefficient (Wildman–Crippen LogP) is 1.86. The monoisotopic (exact) mass is 274 g/mol. The Hall–Kier alpha value is -1.86. The van der Waals surface area contributed by atoms with E-state index in [1.807, 2.05) is 4.90 Å². The number of nitrogens with two attached hydrogens (primary N) is 1. The largest absolute Gasteiger partial charge is 0.338 e. The van der Waals surface area contributed by atoms with E-state index in [2.05, 4.69) is 25.7 Å². The molecule has 1 amide bonds. The fraction of sp³-hybridized carbons (Fsp3) is 0.438. The number of amides is 1. The number of nitrogens with zero attached hydrogens (tertiary/aromatic N) is 1. The first-order valence-corrected chi connectivity index (χ1v) is 6.80. The van der Waals surface area contributed by atoms with E-state index in [9.17, 15) is 9.18 Å². The van der Waals surface area contributed by atoms with Gasteiger partial charge in [-0.1, -0.05) is 25.7 Å². The van der Waals surface area contributed by atoms with Crippen molar-refractivity contribution in [1.82, 2.24) is 4.90 Å². The number of halogens is 1. The molecule has 0 spiro atoms. The normalized spacial score (nSPS) is 21.5. The van der Waals surface area contributed by atoms with Gasteiger partial charge in [-0.3, -0.25) is 4.79 Å². The number of rotatable bonds is 1. The minimum atomic E-state index is -0.397. The molecule has 1 aromatic carbocycles. The van der Waals surface area contributed by atoms with Crippen molar-refractivity contribution in [3.05, 3.63) is 35.1 Å². The standard InChI is InChI=1S/C16H19FN2O/c1-11-9-19(10-12(11)2)16(20)15-6-5-14(17)8-13(15)4-3-7-18/h5-6,8,11-12H,7,9-10,18H2,1-2H3. The first-order chi connectivity index (χ1) is 9.52. The van der Waals surface area contributed by atoms with Crippen molar-refractivity contribution in [1.29, 1.82) is 0 Å². The maximum Gasteiger partial charge on any atom is 0.255 e. The molecule has 1 fully saturated rings. The minimum Gasteiger partial charge on any atom is -0.338 e. The van der Waals surface area contributed by atoms with Gasteiger partial charge >= 0.3 is 0 Å². The van der Waals surface area contributed by atoms with Crippen LogP contribution in [0.2, 0.25) is 0 Å². The van der Waals surface area contributed by atoms with E-state index in [0.717, 1.165) is 13.1 Å². The molecule has 3 nitrogen and oxygen atoms in total. The summed E-state index contributed by atoms with van der Waals surface area (Å²) in [5.74, 6) is 5.94. The third kappa shape index (κ3) is 3.00. The summed E-state index contributed by atoms with van der Waals surface area (Å²) >= 11 is 0. The van der Waals surface area contributed by atoms with Crippen LogP contribution in [0.15, 0.2) is 18.2 Å². The molecule has 1 aliphatic heterocycles. The molecule has 1 saturated heterocycles. The van der Waals surface area contributed by atoms with Gasteiger partial charge < -0.3 is 10.6 Å². The van der Waals surface area contributed by atoms with Gasteiger partial charge in [0.1, 0.15) is 5.82 Å². The van der Waals surface area contributed by atoms with Gasteiger partial charge in [0.15, 0.2) is 0 Å². The Bertz CT molecular complexity index is 564. The molecule has 0 bridgehead atoms. The molecule has 2 N–H and O–H groups in total. The second-order valence-electron chi connectivity index (χ2n) is 5.36. The molecule has 106 valence electrons. The molecule has 1 heterocycles. The molecule has 1 aromatic rings. The summed E-state index contributed by atoms with van der Waals surface area (Å²) in [6.07, 6.45) is 0. The van der Waals surface area contributed by atoms with Gasteiger partial charge in [0.2, 0.25) is 0 Å². The van der Waals surface area contributed by atoms with Crippen LogP contribution in [0, 0.1) is 29.5 Å². The number of carbonyl (C=O) groups is 1. The number of carbonyl (C=O) groups excluding carboxylic acids is 1. The maximum absolute atomic E-state index is 13.3. The van der Waals surface area contributed by atoms with E-state index in [0.29, 0.717) is 23.0 Å². The molecule has 4 heteroatoms. The zero-order valence-electron chi connectivity index (χ0n) is 11.8. The summed E-state index contributed by atoms with van der Waals surface area (Å²) < 4.78 is 13.3. The highest BCUT2D eigenvalue weighted by Crippen LogP contribution is 2.24. The van der Waals surface area contributed by atoms with E-state index in [1.54, 1.807) is 0 Å². The second kappa shape index (κ2) is 6.06. The van der Waals surface area contributed by atoms with E-state index in [4.69, 9.17) is 5.73 Å². The topological polar surface area (TPSA) is 46.3 Å². The molecular formula is C16H19FN2O. The van der Waals surface area contributed by atoms with E-state index < -0.39 is 5.82 Å². The maximum atomic E-state index is 13.3. The van der Waals surface area contributed by atoms with Crippen molar-refractivity contribution in [2.24, 2.45) is 17.6 Å². The van der Waals surface area contributed by atoms with Crippen LogP contribution < -0.4 is 5.73 Å². The summed E-state index contributed by atoms with van der Waals surface area (Å²) in [5.41, 5.74) is 6.20. The smallest absolute Gasteiger partial charge is 0.255 e. The second-order valence-corrected chi connectivity index (χ2v) is 5.36. The molecule has 0 aliphatic carbocycles. The molecule has 0 saturated carbocycles. The van der Waals surface area contributed by atoms with Crippen molar-refractivity contribution in [3.63, 3.8) is 0 Å². The molecule has 2 rings (SSSR count). The van der Waals surface area contributed by atoms with Crippen molar-refractivity contribution < 1.29 is 9.18 Å². The number of likely N-dealkylation sites (tertiary alicyclic amines) is 1. The molecule has 0 aromatic heterocycles. The van der Waals surface area contributed by atoms with Crippen LogP contribution in [0.5, 0.6) is 0 Å². The summed E-state index contributed by atoms with van der Waals surface area (Å²) in [6.45, 7) is 5.93. The Labute approximate surface area is 119 Å². The Balaban J connectivity index is 2.30. The van der Waals surface area contributed by atoms with Crippen LogP contribution in [-0.2, 0) is 0 Å². The van der Waals surface area contributed by atoms with Crippen molar-refractivity contribution in [2.75, 3.05) is 19.6 Å². The Kier molecular flexibility index (Phi) is 4.41. The zero-order valence-corrected chi connectivity index (χ0v) is 11.8. The van der Waals surface area contributed by atoms with Crippen LogP contribution in [-0.4, -0.2) is 30.4 Å². The predicted molar refractivity (Wildman–Crippen MR) is 76.6 cm³/mol. The molecule has 0 radical (unpaired) electrons. The number of hydrogen-bond donors (Lipinski definition) is 1. The van der Waals surface area contributed by atoms with E-state index in [1.165, 1.54) is 18.2 Å². The lowest BCUT2D eigenvalue weighted by molar-refractivity contribution is 0.0784. The molecule has 1 aliphatic rings. The fourth-order valence-corrected chi connectivity index (χ4v) is 2.42. The van der Waals surface area contributed by atoms with Gasteiger partial charge in [0.25, 0.3) is 5.91 Å². The average molecular weight is 274 g/mol. The third-order valence-electron chi connectivity index (χ3n) is 3.81. The van der Waals surface area contributed by atoms with Gasteiger partial charge in [0, 0.05) is 18.7 Å². The summed E-state index contributed by atoms with van der Waals surface area (Å²) in [7, 11) is 0. The van der Waals surface area contributed by atoms with E-state index in [-0.39, 0.29) is 12.5 Å². The fourth-order valence-electron chi connectivity index (χ4n) is 2.42. The lowest BCUT2D eigenvalue weighted by Crippen LogP contribution is -2.29. The van der Waals surface area contributed by atoms with Gasteiger partial charge in [-0.05, 0) is 30.0 Å². The van der Waals surface area contributed by atoms with Gasteiger partial charge in [-0.15, -0.1) is 0 Å². The number of hydrogen-bond acceptors (Lipinski definition) is 2. The quantitative estimate of drug-likeness (QED) is 0.795. The molecule has 20 heavy (non-hydrogen) atoms. The van der Waals surface area contributed by atoms with Crippen LogP contribution in [0.3, 0.4) is 0 Å². The van der Waals surface area contributed by atoms with E-state index >= 15 is 0 Å². The summed E-state index contributed by atoms with van der Waals surface area (Å²) in [5, 5.41) is 0. The average Bonchev–Trinajstić information content (AvgIpc) is 2.76. The van der Waals surface area contributed by atoms with Crippen molar-refractivity contribution in [2.45, 2.75) is 13.8 Å². The number of benzene rings is 1.